The van der Waals surface area contributed by atoms with Gasteiger partial charge in [-0.05, 0) is 26.0 Å². The predicted octanol–water partition coefficient (Wildman–Crippen LogP) is 2.72. The fourth-order valence-corrected chi connectivity index (χ4v) is 3.00. The van der Waals surface area contributed by atoms with Gasteiger partial charge in [0.25, 0.3) is 0 Å². The normalized spacial score (nSPS) is 10.7. The van der Waals surface area contributed by atoms with Gasteiger partial charge in [-0.15, -0.1) is 11.3 Å². The first-order chi connectivity index (χ1) is 9.83. The molecule has 2 aromatic rings. The number of nitrogens with one attached hydrogen (secondary N) is 1. The zero-order chi connectivity index (χ0) is 14.2. The van der Waals surface area contributed by atoms with Crippen molar-refractivity contribution < 1.29 is 0 Å². The Labute approximate surface area is 124 Å². The number of hydrogen-bond donors (Lipinski definition) is 1. The van der Waals surface area contributed by atoms with Gasteiger partial charge < -0.3 is 10.2 Å². The van der Waals surface area contributed by atoms with Crippen molar-refractivity contribution >= 4 is 16.5 Å². The smallest absolute Gasteiger partial charge is 0.185 e. The van der Waals surface area contributed by atoms with Crippen LogP contribution in [0.25, 0.3) is 0 Å². The lowest BCUT2D eigenvalue weighted by Gasteiger charge is -2.16. The molecule has 4 nitrogen and oxygen atoms in total. The Bertz CT molecular complexity index is 494. The minimum atomic E-state index is 0.881. The second kappa shape index (κ2) is 7.97. The molecule has 0 fully saturated rings. The molecule has 1 N–H and O–H groups in total. The van der Waals surface area contributed by atoms with E-state index in [1.54, 1.807) is 11.3 Å². The number of thiazole rings is 1. The third-order valence-electron chi connectivity index (χ3n) is 3.16. The first-order valence-electron chi connectivity index (χ1n) is 7.13. The molecular weight excluding hydrogens is 268 g/mol. The van der Waals surface area contributed by atoms with Gasteiger partial charge in [0, 0.05) is 55.6 Å². The fraction of sp³-hybridized carbons (Fsp3) is 0.467. The maximum atomic E-state index is 4.49. The van der Waals surface area contributed by atoms with E-state index in [1.807, 2.05) is 24.5 Å². The van der Waals surface area contributed by atoms with Crippen LogP contribution < -0.4 is 10.2 Å². The molecule has 0 radical (unpaired) electrons. The topological polar surface area (TPSA) is 41.1 Å². The van der Waals surface area contributed by atoms with Crippen molar-refractivity contribution in [2.75, 3.05) is 24.5 Å². The second-order valence-electron chi connectivity index (χ2n) is 4.53. The lowest BCUT2D eigenvalue weighted by molar-refractivity contribution is 0.685. The van der Waals surface area contributed by atoms with Gasteiger partial charge in [0.05, 0.1) is 0 Å². The van der Waals surface area contributed by atoms with Crippen molar-refractivity contribution in [3.63, 3.8) is 0 Å². The molecule has 0 unspecified atom stereocenters. The minimum absolute atomic E-state index is 0.881. The van der Waals surface area contributed by atoms with Gasteiger partial charge in [0.15, 0.2) is 5.13 Å². The van der Waals surface area contributed by atoms with E-state index >= 15 is 0 Å². The summed E-state index contributed by atoms with van der Waals surface area (Å²) in [5.41, 5.74) is 1.13. The molecule has 108 valence electrons. The highest BCUT2D eigenvalue weighted by Crippen LogP contribution is 2.21. The van der Waals surface area contributed by atoms with Crippen LogP contribution in [0.2, 0.25) is 0 Å². The molecule has 20 heavy (non-hydrogen) atoms. The lowest BCUT2D eigenvalue weighted by Crippen LogP contribution is -2.21. The highest BCUT2D eigenvalue weighted by Gasteiger charge is 2.07. The molecule has 0 aliphatic rings. The van der Waals surface area contributed by atoms with Crippen molar-refractivity contribution in [1.82, 2.24) is 15.3 Å². The Morgan fingerprint density at radius 2 is 2.05 bits per heavy atom. The van der Waals surface area contributed by atoms with Crippen LogP contribution in [-0.4, -0.2) is 29.6 Å². The van der Waals surface area contributed by atoms with Gasteiger partial charge in [-0.2, -0.15) is 0 Å². The van der Waals surface area contributed by atoms with Crippen molar-refractivity contribution in [1.29, 1.82) is 0 Å². The molecule has 0 aliphatic carbocycles. The van der Waals surface area contributed by atoms with Crippen molar-refractivity contribution in [2.45, 2.75) is 26.8 Å². The SMILES string of the molecule is CCN(CC)c1ncc(CNCCc2ccccn2)s1. The molecule has 0 atom stereocenters. The molecule has 0 aromatic carbocycles. The van der Waals surface area contributed by atoms with E-state index in [-0.39, 0.29) is 0 Å². The summed E-state index contributed by atoms with van der Waals surface area (Å²) in [5, 5.41) is 4.57. The van der Waals surface area contributed by atoms with Gasteiger partial charge in [-0.3, -0.25) is 4.98 Å². The lowest BCUT2D eigenvalue weighted by atomic mass is 10.3. The van der Waals surface area contributed by atoms with Crippen molar-refractivity contribution in [3.05, 3.63) is 41.2 Å². The number of pyridine rings is 1. The van der Waals surface area contributed by atoms with E-state index in [2.05, 4.69) is 40.1 Å². The molecule has 2 rings (SSSR count). The molecule has 0 amide bonds. The van der Waals surface area contributed by atoms with Crippen molar-refractivity contribution in [3.8, 4) is 0 Å². The van der Waals surface area contributed by atoms with E-state index in [9.17, 15) is 0 Å². The van der Waals surface area contributed by atoms with Crippen LogP contribution in [0.5, 0.6) is 0 Å². The Kier molecular flexibility index (Phi) is 5.95. The minimum Gasteiger partial charge on any atom is -0.349 e. The molecule has 2 aromatic heterocycles. The zero-order valence-electron chi connectivity index (χ0n) is 12.2. The summed E-state index contributed by atoms with van der Waals surface area (Å²) in [6.07, 6.45) is 4.78. The third kappa shape index (κ3) is 4.28. The van der Waals surface area contributed by atoms with E-state index in [0.717, 1.165) is 43.4 Å². The number of rotatable bonds is 8. The van der Waals surface area contributed by atoms with E-state index in [0.29, 0.717) is 0 Å². The molecule has 0 saturated carbocycles. The van der Waals surface area contributed by atoms with Crippen molar-refractivity contribution in [2.24, 2.45) is 0 Å². The van der Waals surface area contributed by atoms with E-state index < -0.39 is 0 Å². The standard InChI is InChI=1S/C15H22N4S/c1-3-19(4-2)15-18-12-14(20-15)11-16-10-8-13-7-5-6-9-17-13/h5-7,9,12,16H,3-4,8,10-11H2,1-2H3. The molecule has 0 bridgehead atoms. The van der Waals surface area contributed by atoms with Crippen LogP contribution in [0.4, 0.5) is 5.13 Å². The summed E-state index contributed by atoms with van der Waals surface area (Å²) in [4.78, 5) is 12.4. The number of anilines is 1. The maximum Gasteiger partial charge on any atom is 0.185 e. The summed E-state index contributed by atoms with van der Waals surface area (Å²) in [6, 6.07) is 6.04. The summed E-state index contributed by atoms with van der Waals surface area (Å²) in [5.74, 6) is 0. The summed E-state index contributed by atoms with van der Waals surface area (Å²) >= 11 is 1.77. The summed E-state index contributed by atoms with van der Waals surface area (Å²) < 4.78 is 0. The highest BCUT2D eigenvalue weighted by atomic mass is 32.1. The van der Waals surface area contributed by atoms with Crippen LogP contribution in [0.3, 0.4) is 0 Å². The first-order valence-corrected chi connectivity index (χ1v) is 7.95. The van der Waals surface area contributed by atoms with Gasteiger partial charge in [0.1, 0.15) is 0 Å². The summed E-state index contributed by atoms with van der Waals surface area (Å²) in [7, 11) is 0. The third-order valence-corrected chi connectivity index (χ3v) is 4.22. The van der Waals surface area contributed by atoms with Gasteiger partial charge in [0.2, 0.25) is 0 Å². The molecule has 0 aliphatic heterocycles. The van der Waals surface area contributed by atoms with Crippen LogP contribution in [-0.2, 0) is 13.0 Å². The first kappa shape index (κ1) is 14.9. The fourth-order valence-electron chi connectivity index (χ4n) is 1.99. The molecular formula is C15H22N4S. The van der Waals surface area contributed by atoms with Gasteiger partial charge in [-0.1, -0.05) is 6.07 Å². The second-order valence-corrected chi connectivity index (χ2v) is 5.62. The average molecular weight is 290 g/mol. The largest absolute Gasteiger partial charge is 0.349 e. The summed E-state index contributed by atoms with van der Waals surface area (Å²) in [6.45, 7) is 8.17. The van der Waals surface area contributed by atoms with Crippen LogP contribution in [0.15, 0.2) is 30.6 Å². The number of aromatic nitrogens is 2. The zero-order valence-corrected chi connectivity index (χ0v) is 13.0. The van der Waals surface area contributed by atoms with Crippen LogP contribution in [0, 0.1) is 0 Å². The molecule has 0 spiro atoms. The quantitative estimate of drug-likeness (QED) is 0.759. The Morgan fingerprint density at radius 3 is 2.75 bits per heavy atom. The Hall–Kier alpha value is -1.46. The van der Waals surface area contributed by atoms with Crippen LogP contribution in [0.1, 0.15) is 24.4 Å². The molecule has 5 heteroatoms. The maximum absolute atomic E-state index is 4.49. The highest BCUT2D eigenvalue weighted by molar-refractivity contribution is 7.15. The predicted molar refractivity (Wildman–Crippen MR) is 85.3 cm³/mol. The van der Waals surface area contributed by atoms with E-state index in [4.69, 9.17) is 0 Å². The monoisotopic (exact) mass is 290 g/mol. The molecule has 0 saturated heterocycles. The number of hydrogen-bond acceptors (Lipinski definition) is 5. The van der Waals surface area contributed by atoms with E-state index in [1.165, 1.54) is 4.88 Å². The van der Waals surface area contributed by atoms with Crippen LogP contribution >= 0.6 is 11.3 Å². The average Bonchev–Trinajstić information content (AvgIpc) is 2.95. The Morgan fingerprint density at radius 1 is 1.20 bits per heavy atom. The van der Waals surface area contributed by atoms with Gasteiger partial charge in [-0.25, -0.2) is 4.98 Å². The van der Waals surface area contributed by atoms with Gasteiger partial charge >= 0.3 is 0 Å². The number of nitrogens with zero attached hydrogens (tertiary/aromatic N) is 3. The Balaban J connectivity index is 1.74. The molecule has 2 heterocycles.